The molecule has 4 heteroatoms. The van der Waals surface area contributed by atoms with Gasteiger partial charge < -0.3 is 9.80 Å². The number of benzene rings is 5. The Labute approximate surface area is 351 Å². The molecule has 0 fully saturated rings. The van der Waals surface area contributed by atoms with Gasteiger partial charge in [0.25, 0.3) is 6.71 Å². The van der Waals surface area contributed by atoms with Gasteiger partial charge >= 0.3 is 0 Å². The number of hydrogen-bond acceptors (Lipinski definition) is 3. The standard InChI is InChI=1S/C53H61BN2S/c1-32-27-43-46-44(28-32)56(37-21-22-39-40(31-37)53(13,14)26-25-52(39,11)12)47-38-29-34(50(5,6)7)18-24-45(38)57-48(47)54(46)41-30-35(51(8,9)10)17-23-42(41)55(43)36-19-15-33(16-20-36)49(2,3)4/h15-24,27-31H,25-26H2,1-14H3/i1D3. The van der Waals surface area contributed by atoms with Crippen molar-refractivity contribution in [3.05, 3.63) is 124 Å². The van der Waals surface area contributed by atoms with Gasteiger partial charge in [-0.2, -0.15) is 0 Å². The Morgan fingerprint density at radius 1 is 0.579 bits per heavy atom. The zero-order valence-electron chi connectivity index (χ0n) is 39.5. The smallest absolute Gasteiger partial charge is 0.264 e. The highest BCUT2D eigenvalue weighted by Gasteiger charge is 2.46. The molecule has 0 bridgehead atoms. The largest absolute Gasteiger partial charge is 0.311 e. The van der Waals surface area contributed by atoms with E-state index in [4.69, 9.17) is 4.11 Å². The van der Waals surface area contributed by atoms with E-state index in [1.165, 1.54) is 53.8 Å². The van der Waals surface area contributed by atoms with Gasteiger partial charge in [0.05, 0.1) is 5.69 Å². The molecule has 5 aromatic carbocycles. The second kappa shape index (κ2) is 12.4. The SMILES string of the molecule is [2H]C([2H])([2H])c1cc2c3c(c1)N(c1ccc4c(c1)C(C)(C)CCC4(C)C)c1c(sc4ccc(C(C)(C)C)cc14)B3c1cc(C(C)(C)C)ccc1N2c1ccc(C(C)(C)C)cc1. The van der Waals surface area contributed by atoms with Gasteiger partial charge in [-0.25, -0.2) is 0 Å². The van der Waals surface area contributed by atoms with E-state index in [9.17, 15) is 0 Å². The van der Waals surface area contributed by atoms with Gasteiger partial charge in [0.1, 0.15) is 0 Å². The van der Waals surface area contributed by atoms with Gasteiger partial charge in [0.15, 0.2) is 0 Å². The summed E-state index contributed by atoms with van der Waals surface area (Å²) in [4.78, 5) is 4.81. The third-order valence-corrected chi connectivity index (χ3v) is 14.7. The Morgan fingerprint density at radius 2 is 1.14 bits per heavy atom. The van der Waals surface area contributed by atoms with E-state index in [0.29, 0.717) is 5.56 Å². The predicted molar refractivity (Wildman–Crippen MR) is 252 cm³/mol. The molecule has 0 saturated carbocycles. The van der Waals surface area contributed by atoms with Crippen molar-refractivity contribution in [3.8, 4) is 0 Å². The van der Waals surface area contributed by atoms with Crippen LogP contribution in [-0.2, 0) is 27.1 Å². The molecule has 2 aliphatic heterocycles. The van der Waals surface area contributed by atoms with Crippen LogP contribution in [0.2, 0.25) is 0 Å². The molecular weight excluding hydrogens is 707 g/mol. The molecule has 0 amide bonds. The van der Waals surface area contributed by atoms with Gasteiger partial charge in [-0.05, 0) is 146 Å². The molecule has 0 spiro atoms. The van der Waals surface area contributed by atoms with Crippen LogP contribution in [-0.4, -0.2) is 6.71 Å². The molecule has 9 rings (SSSR count). The van der Waals surface area contributed by atoms with E-state index in [2.05, 4.69) is 179 Å². The Balaban J connectivity index is 1.43. The van der Waals surface area contributed by atoms with E-state index in [-0.39, 0.29) is 33.8 Å². The van der Waals surface area contributed by atoms with E-state index in [1.807, 2.05) is 23.5 Å². The molecule has 1 aliphatic carbocycles. The molecule has 0 radical (unpaired) electrons. The summed E-state index contributed by atoms with van der Waals surface area (Å²) in [5.74, 6) is 0. The first kappa shape index (κ1) is 34.7. The minimum atomic E-state index is -2.33. The average molecular weight is 772 g/mol. The molecule has 57 heavy (non-hydrogen) atoms. The second-order valence-electron chi connectivity index (χ2n) is 21.6. The summed E-state index contributed by atoms with van der Waals surface area (Å²) in [6, 6.07) is 34.1. The zero-order chi connectivity index (χ0) is 43.3. The van der Waals surface area contributed by atoms with Gasteiger partial charge in [-0.1, -0.05) is 126 Å². The van der Waals surface area contributed by atoms with Gasteiger partial charge in [0.2, 0.25) is 0 Å². The summed E-state index contributed by atoms with van der Waals surface area (Å²) in [6.07, 6.45) is 2.25. The van der Waals surface area contributed by atoms with Crippen molar-refractivity contribution in [2.24, 2.45) is 0 Å². The van der Waals surface area contributed by atoms with Crippen molar-refractivity contribution in [2.45, 2.75) is 137 Å². The number of aryl methyl sites for hydroxylation is 1. The molecule has 292 valence electrons. The van der Waals surface area contributed by atoms with Crippen molar-refractivity contribution in [3.63, 3.8) is 0 Å². The molecule has 0 N–H and O–H groups in total. The van der Waals surface area contributed by atoms with Crippen LogP contribution in [0.5, 0.6) is 0 Å². The summed E-state index contributed by atoms with van der Waals surface area (Å²) in [5, 5.41) is 1.22. The number of thiophene rings is 1. The Kier molecular flexibility index (Phi) is 7.54. The highest BCUT2D eigenvalue weighted by Crippen LogP contribution is 2.52. The molecule has 6 aromatic rings. The van der Waals surface area contributed by atoms with E-state index >= 15 is 0 Å². The Hall–Kier alpha value is -4.28. The van der Waals surface area contributed by atoms with Crippen LogP contribution in [0, 0.1) is 6.85 Å². The predicted octanol–water partition coefficient (Wildman–Crippen LogP) is 13.5. The summed E-state index contributed by atoms with van der Waals surface area (Å²) in [7, 11) is 0. The van der Waals surface area contributed by atoms with E-state index < -0.39 is 6.85 Å². The highest BCUT2D eigenvalue weighted by atomic mass is 32.1. The van der Waals surface area contributed by atoms with Crippen LogP contribution in [0.25, 0.3) is 10.1 Å². The fraction of sp³-hybridized carbons (Fsp3) is 0.396. The quantitative estimate of drug-likeness (QED) is 0.162. The molecule has 2 nitrogen and oxygen atoms in total. The van der Waals surface area contributed by atoms with Gasteiger partial charge in [-0.3, -0.25) is 0 Å². The summed E-state index contributed by atoms with van der Waals surface area (Å²) >= 11 is 1.90. The molecule has 3 aliphatic rings. The van der Waals surface area contributed by atoms with Crippen molar-refractivity contribution in [1.29, 1.82) is 0 Å². The first-order valence-corrected chi connectivity index (χ1v) is 21.8. The maximum atomic E-state index is 8.97. The number of anilines is 6. The second-order valence-corrected chi connectivity index (χ2v) is 22.7. The van der Waals surface area contributed by atoms with Crippen molar-refractivity contribution < 1.29 is 4.11 Å². The van der Waals surface area contributed by atoms with Crippen LogP contribution < -0.4 is 25.5 Å². The average Bonchev–Trinajstić information content (AvgIpc) is 3.53. The Morgan fingerprint density at radius 3 is 1.77 bits per heavy atom. The highest BCUT2D eigenvalue weighted by molar-refractivity contribution is 7.33. The molecule has 1 aromatic heterocycles. The first-order valence-electron chi connectivity index (χ1n) is 22.5. The zero-order valence-corrected chi connectivity index (χ0v) is 37.3. The van der Waals surface area contributed by atoms with Crippen molar-refractivity contribution in [1.82, 2.24) is 0 Å². The third kappa shape index (κ3) is 6.02. The molecule has 0 saturated heterocycles. The fourth-order valence-corrected chi connectivity index (χ4v) is 11.1. The summed E-state index contributed by atoms with van der Waals surface area (Å²) in [6.45, 7) is 27.6. The normalized spacial score (nSPS) is 18.0. The fourth-order valence-electron chi connectivity index (χ4n) is 9.79. The summed E-state index contributed by atoms with van der Waals surface area (Å²) < 4.78 is 29.5. The maximum Gasteiger partial charge on any atom is 0.264 e. The van der Waals surface area contributed by atoms with Crippen molar-refractivity contribution >= 4 is 78.0 Å². The van der Waals surface area contributed by atoms with Crippen LogP contribution in [0.3, 0.4) is 0 Å². The monoisotopic (exact) mass is 771 g/mol. The lowest BCUT2D eigenvalue weighted by Gasteiger charge is -2.45. The number of rotatable bonds is 2. The number of nitrogens with zero attached hydrogens (tertiary/aromatic N) is 2. The van der Waals surface area contributed by atoms with Crippen LogP contribution in [0.15, 0.2) is 91.0 Å². The van der Waals surface area contributed by atoms with Crippen molar-refractivity contribution in [2.75, 3.05) is 9.80 Å². The van der Waals surface area contributed by atoms with Crippen LogP contribution in [0.4, 0.5) is 34.1 Å². The third-order valence-electron chi connectivity index (χ3n) is 13.5. The number of fused-ring (bicyclic) bond motifs is 7. The lowest BCUT2D eigenvalue weighted by atomic mass is 9.36. The lowest BCUT2D eigenvalue weighted by molar-refractivity contribution is 0.332. The maximum absolute atomic E-state index is 8.97. The molecular formula is C53H61BN2S. The minimum Gasteiger partial charge on any atom is -0.311 e. The molecule has 0 atom stereocenters. The van der Waals surface area contributed by atoms with Crippen LogP contribution >= 0.6 is 11.3 Å². The van der Waals surface area contributed by atoms with E-state index in [1.54, 1.807) is 0 Å². The molecule has 0 unspecified atom stereocenters. The Bertz CT molecular complexity index is 2720. The van der Waals surface area contributed by atoms with Gasteiger partial charge in [0, 0.05) is 47.4 Å². The summed E-state index contributed by atoms with van der Waals surface area (Å²) in [5.41, 5.74) is 15.6. The van der Waals surface area contributed by atoms with Gasteiger partial charge in [-0.15, -0.1) is 11.3 Å². The number of hydrogen-bond donors (Lipinski definition) is 0. The molecule has 3 heterocycles. The lowest BCUT2D eigenvalue weighted by Crippen LogP contribution is -2.60. The van der Waals surface area contributed by atoms with Crippen LogP contribution in [0.1, 0.15) is 140 Å². The van der Waals surface area contributed by atoms with E-state index in [0.717, 1.165) is 46.7 Å². The topological polar surface area (TPSA) is 6.48 Å². The minimum absolute atomic E-state index is 0.00356. The first-order chi connectivity index (χ1) is 27.8.